The number of hydrogen-bond acceptors (Lipinski definition) is 2. The van der Waals surface area contributed by atoms with Crippen LogP contribution in [0.5, 0.6) is 0 Å². The molecule has 2 aromatic carbocycles. The fraction of sp³-hybridized carbons (Fsp3) is 0.240. The van der Waals surface area contributed by atoms with Crippen molar-refractivity contribution in [3.63, 3.8) is 0 Å². The summed E-state index contributed by atoms with van der Waals surface area (Å²) in [7, 11) is 0. The van der Waals surface area contributed by atoms with E-state index in [0.29, 0.717) is 6.04 Å². The van der Waals surface area contributed by atoms with Crippen molar-refractivity contribution in [1.29, 1.82) is 0 Å². The first kappa shape index (κ1) is 17.2. The number of pyridine rings is 1. The van der Waals surface area contributed by atoms with Gasteiger partial charge in [0.15, 0.2) is 0 Å². The van der Waals surface area contributed by atoms with Crippen LogP contribution in [0.1, 0.15) is 24.4 Å². The third-order valence-corrected chi connectivity index (χ3v) is 5.85. The van der Waals surface area contributed by atoms with E-state index in [2.05, 4.69) is 87.2 Å². The van der Waals surface area contributed by atoms with Gasteiger partial charge in [-0.25, -0.2) is 0 Å². The predicted octanol–water partition coefficient (Wildman–Crippen LogP) is 5.54. The smallest absolute Gasteiger partial charge is 0.0866 e. The Morgan fingerprint density at radius 1 is 0.821 bits per heavy atom. The molecule has 0 N–H and O–H groups in total. The first-order valence-electron chi connectivity index (χ1n) is 10.2. The molecule has 0 spiro atoms. The molecule has 0 saturated carbocycles. The number of nitrogens with zero attached hydrogens (tertiary/aromatic N) is 3. The summed E-state index contributed by atoms with van der Waals surface area (Å²) in [4.78, 5) is 7.22. The third kappa shape index (κ3) is 3.34. The van der Waals surface area contributed by atoms with Gasteiger partial charge in [-0.05, 0) is 42.7 Å². The van der Waals surface area contributed by atoms with E-state index < -0.39 is 0 Å². The first-order chi connectivity index (χ1) is 13.9. The van der Waals surface area contributed by atoms with Gasteiger partial charge in [-0.3, -0.25) is 9.88 Å². The second kappa shape index (κ2) is 7.61. The molecule has 5 rings (SSSR count). The van der Waals surface area contributed by atoms with Gasteiger partial charge in [-0.1, -0.05) is 54.6 Å². The molecule has 3 heteroatoms. The molecule has 2 aromatic heterocycles. The lowest BCUT2D eigenvalue weighted by Crippen LogP contribution is -2.34. The van der Waals surface area contributed by atoms with Gasteiger partial charge >= 0.3 is 0 Å². The molecule has 3 heterocycles. The van der Waals surface area contributed by atoms with Gasteiger partial charge < -0.3 is 4.57 Å². The zero-order chi connectivity index (χ0) is 18.8. The largest absolute Gasteiger partial charge is 0.336 e. The van der Waals surface area contributed by atoms with E-state index in [4.69, 9.17) is 0 Å². The monoisotopic (exact) mass is 367 g/mol. The fourth-order valence-corrected chi connectivity index (χ4v) is 4.46. The van der Waals surface area contributed by atoms with Crippen LogP contribution in [0.3, 0.4) is 0 Å². The van der Waals surface area contributed by atoms with Crippen LogP contribution in [-0.2, 0) is 6.54 Å². The van der Waals surface area contributed by atoms with E-state index in [1.807, 2.05) is 12.3 Å². The molecule has 0 atom stereocenters. The second-order valence-corrected chi connectivity index (χ2v) is 7.67. The zero-order valence-electron chi connectivity index (χ0n) is 16.0. The summed E-state index contributed by atoms with van der Waals surface area (Å²) in [5.74, 6) is 0. The van der Waals surface area contributed by atoms with Gasteiger partial charge in [0.25, 0.3) is 0 Å². The van der Waals surface area contributed by atoms with Crippen LogP contribution >= 0.6 is 0 Å². The highest BCUT2D eigenvalue weighted by molar-refractivity contribution is 5.86. The molecular weight excluding hydrogens is 342 g/mol. The van der Waals surface area contributed by atoms with E-state index in [1.165, 1.54) is 35.0 Å². The minimum atomic E-state index is 0.518. The average molecular weight is 367 g/mol. The van der Waals surface area contributed by atoms with Gasteiger partial charge in [0.2, 0.25) is 0 Å². The molecule has 0 bridgehead atoms. The Morgan fingerprint density at radius 3 is 2.36 bits per heavy atom. The molecular formula is C25H25N3. The van der Waals surface area contributed by atoms with Crippen LogP contribution in [0, 0.1) is 0 Å². The molecule has 1 fully saturated rings. The summed E-state index contributed by atoms with van der Waals surface area (Å²) in [6.45, 7) is 3.31. The maximum absolute atomic E-state index is 4.64. The number of likely N-dealkylation sites (tertiary alicyclic amines) is 1. The van der Waals surface area contributed by atoms with Crippen molar-refractivity contribution >= 4 is 10.9 Å². The Hall–Kier alpha value is -2.91. The molecule has 28 heavy (non-hydrogen) atoms. The maximum Gasteiger partial charge on any atom is 0.0866 e. The molecule has 1 aliphatic rings. The van der Waals surface area contributed by atoms with E-state index >= 15 is 0 Å². The van der Waals surface area contributed by atoms with Crippen LogP contribution in [0.25, 0.3) is 22.3 Å². The van der Waals surface area contributed by atoms with Crippen LogP contribution in [0.2, 0.25) is 0 Å². The molecule has 0 radical (unpaired) electrons. The number of fused-ring (bicyclic) bond motifs is 1. The molecule has 0 aliphatic carbocycles. The maximum atomic E-state index is 4.64. The molecule has 1 saturated heterocycles. The highest BCUT2D eigenvalue weighted by Crippen LogP contribution is 2.35. The Labute approximate surface area is 166 Å². The van der Waals surface area contributed by atoms with E-state index in [-0.39, 0.29) is 0 Å². The topological polar surface area (TPSA) is 21.1 Å². The predicted molar refractivity (Wildman–Crippen MR) is 115 cm³/mol. The molecule has 3 nitrogen and oxygen atoms in total. The Bertz CT molecular complexity index is 1050. The van der Waals surface area contributed by atoms with Gasteiger partial charge in [-0.15, -0.1) is 0 Å². The van der Waals surface area contributed by atoms with Gasteiger partial charge in [0.1, 0.15) is 0 Å². The van der Waals surface area contributed by atoms with Crippen LogP contribution in [0.15, 0.2) is 85.1 Å². The number of benzene rings is 2. The highest BCUT2D eigenvalue weighted by Gasteiger charge is 2.24. The van der Waals surface area contributed by atoms with Crippen molar-refractivity contribution in [3.8, 4) is 11.4 Å². The Kier molecular flexibility index (Phi) is 4.67. The number of hydrogen-bond donors (Lipinski definition) is 0. The third-order valence-electron chi connectivity index (χ3n) is 5.85. The number of aromatic nitrogens is 2. The Balaban J connectivity index is 1.42. The number of para-hydroxylation sites is 1. The second-order valence-electron chi connectivity index (χ2n) is 7.67. The van der Waals surface area contributed by atoms with Crippen molar-refractivity contribution in [2.75, 3.05) is 13.1 Å². The molecule has 4 aromatic rings. The average Bonchev–Trinajstić information content (AvgIpc) is 3.15. The van der Waals surface area contributed by atoms with Crippen molar-refractivity contribution in [1.82, 2.24) is 14.5 Å². The van der Waals surface area contributed by atoms with E-state index in [9.17, 15) is 0 Å². The number of rotatable bonds is 4. The van der Waals surface area contributed by atoms with E-state index in [0.717, 1.165) is 25.3 Å². The summed E-state index contributed by atoms with van der Waals surface area (Å²) in [5, 5.41) is 1.30. The summed E-state index contributed by atoms with van der Waals surface area (Å²) >= 11 is 0. The summed E-state index contributed by atoms with van der Waals surface area (Å²) in [6.07, 6.45) is 4.23. The molecule has 0 unspecified atom stereocenters. The van der Waals surface area contributed by atoms with Crippen LogP contribution in [0.4, 0.5) is 0 Å². The lowest BCUT2D eigenvalue weighted by molar-refractivity contribution is 0.182. The lowest BCUT2D eigenvalue weighted by atomic mass is 10.0. The standard InChI is InChI=1S/C25H25N3/c1-2-8-20(9-3-1)19-27-16-13-22(14-17-27)28-24-12-5-4-10-21(24)18-25(28)23-11-6-7-15-26-23/h1-12,15,18,22H,13-14,16-17,19H2. The van der Waals surface area contributed by atoms with Gasteiger partial charge in [0.05, 0.1) is 11.4 Å². The number of piperidine rings is 1. The Morgan fingerprint density at radius 2 is 1.57 bits per heavy atom. The summed E-state index contributed by atoms with van der Waals surface area (Å²) in [6, 6.07) is 28.5. The minimum absolute atomic E-state index is 0.518. The molecule has 1 aliphatic heterocycles. The van der Waals surface area contributed by atoms with E-state index in [1.54, 1.807) is 0 Å². The van der Waals surface area contributed by atoms with Gasteiger partial charge in [-0.2, -0.15) is 0 Å². The molecule has 140 valence electrons. The highest BCUT2D eigenvalue weighted by atomic mass is 15.2. The van der Waals surface area contributed by atoms with Gasteiger partial charge in [0, 0.05) is 42.8 Å². The quantitative estimate of drug-likeness (QED) is 0.472. The normalized spacial score (nSPS) is 15.9. The minimum Gasteiger partial charge on any atom is -0.336 e. The zero-order valence-corrected chi connectivity index (χ0v) is 16.0. The fourth-order valence-electron chi connectivity index (χ4n) is 4.46. The van der Waals surface area contributed by atoms with Crippen molar-refractivity contribution in [2.45, 2.75) is 25.4 Å². The first-order valence-corrected chi connectivity index (χ1v) is 10.2. The molecule has 0 amide bonds. The summed E-state index contributed by atoms with van der Waals surface area (Å²) < 4.78 is 2.54. The van der Waals surface area contributed by atoms with Crippen molar-refractivity contribution in [2.24, 2.45) is 0 Å². The summed E-state index contributed by atoms with van der Waals surface area (Å²) in [5.41, 5.74) is 5.03. The van der Waals surface area contributed by atoms with Crippen molar-refractivity contribution in [3.05, 3.63) is 90.6 Å². The lowest BCUT2D eigenvalue weighted by Gasteiger charge is -2.34. The van der Waals surface area contributed by atoms with Crippen LogP contribution < -0.4 is 0 Å². The van der Waals surface area contributed by atoms with Crippen LogP contribution in [-0.4, -0.2) is 27.5 Å². The SMILES string of the molecule is c1ccc(CN2CCC(n3c(-c4ccccn4)cc4ccccc43)CC2)cc1. The van der Waals surface area contributed by atoms with Crippen molar-refractivity contribution < 1.29 is 0 Å².